The van der Waals surface area contributed by atoms with E-state index in [1.54, 1.807) is 0 Å². The van der Waals surface area contributed by atoms with Crippen molar-refractivity contribution in [2.45, 2.75) is 36.0 Å². The Morgan fingerprint density at radius 3 is 2.71 bits per heavy atom. The van der Waals surface area contributed by atoms with Gasteiger partial charge in [0, 0.05) is 28.9 Å². The molecule has 0 aromatic heterocycles. The van der Waals surface area contributed by atoms with Gasteiger partial charge in [0.15, 0.2) is 0 Å². The van der Waals surface area contributed by atoms with Crippen LogP contribution in [-0.4, -0.2) is 26.0 Å². The summed E-state index contributed by atoms with van der Waals surface area (Å²) in [6, 6.07) is 2.93. The molecule has 1 fully saturated rings. The number of nitrogens with two attached hydrogens (primary N) is 1. The lowest BCUT2D eigenvalue weighted by Gasteiger charge is -2.21. The number of sulfonamides is 1. The molecule has 1 heterocycles. The Hall–Kier alpha value is 0.0200. The minimum absolute atomic E-state index is 0.0369. The van der Waals surface area contributed by atoms with Gasteiger partial charge >= 0.3 is 0 Å². The molecule has 0 amide bonds. The van der Waals surface area contributed by atoms with Crippen molar-refractivity contribution < 1.29 is 8.42 Å². The summed E-state index contributed by atoms with van der Waals surface area (Å²) in [5.41, 5.74) is 6.02. The number of halogens is 2. The van der Waals surface area contributed by atoms with Crippen LogP contribution in [0.25, 0.3) is 0 Å². The SMILES string of the molecule is NCc1c(Cl)ccc(S(=O)(=O)NCC2CCCCS2)c1Cl. The second-order valence-electron chi connectivity index (χ2n) is 4.88. The minimum atomic E-state index is -3.65. The Balaban J connectivity index is 2.15. The molecule has 0 radical (unpaired) electrons. The molecule has 1 unspecified atom stereocenters. The van der Waals surface area contributed by atoms with E-state index in [1.807, 2.05) is 11.8 Å². The largest absolute Gasteiger partial charge is 0.326 e. The van der Waals surface area contributed by atoms with Crippen molar-refractivity contribution in [3.63, 3.8) is 0 Å². The fraction of sp³-hybridized carbons (Fsp3) is 0.538. The van der Waals surface area contributed by atoms with Gasteiger partial charge in [0.2, 0.25) is 10.0 Å². The molecule has 3 N–H and O–H groups in total. The van der Waals surface area contributed by atoms with Gasteiger partial charge in [0.05, 0.1) is 5.02 Å². The highest BCUT2D eigenvalue weighted by Gasteiger charge is 2.23. The van der Waals surface area contributed by atoms with Gasteiger partial charge in [-0.25, -0.2) is 13.1 Å². The third kappa shape index (κ3) is 4.27. The molecular formula is C13H18Cl2N2O2S2. The van der Waals surface area contributed by atoms with Crippen LogP contribution in [0.3, 0.4) is 0 Å². The smallest absolute Gasteiger partial charge is 0.242 e. The standard InChI is InChI=1S/C13H18Cl2N2O2S2/c14-11-4-5-12(13(15)10(11)7-16)21(18,19)17-8-9-3-1-2-6-20-9/h4-5,9,17H,1-3,6-8,16H2. The van der Waals surface area contributed by atoms with Crippen LogP contribution in [0.5, 0.6) is 0 Å². The number of nitrogens with one attached hydrogen (secondary N) is 1. The van der Waals surface area contributed by atoms with E-state index < -0.39 is 10.0 Å². The van der Waals surface area contributed by atoms with E-state index in [0.29, 0.717) is 22.4 Å². The van der Waals surface area contributed by atoms with Crippen LogP contribution >= 0.6 is 35.0 Å². The summed E-state index contributed by atoms with van der Waals surface area (Å²) >= 11 is 13.9. The zero-order valence-corrected chi connectivity index (χ0v) is 14.6. The van der Waals surface area contributed by atoms with Crippen LogP contribution < -0.4 is 10.5 Å². The molecule has 1 aromatic rings. The number of benzene rings is 1. The molecule has 21 heavy (non-hydrogen) atoms. The number of hydrogen-bond acceptors (Lipinski definition) is 4. The Morgan fingerprint density at radius 2 is 2.10 bits per heavy atom. The molecular weight excluding hydrogens is 351 g/mol. The van der Waals surface area contributed by atoms with Crippen molar-refractivity contribution in [3.05, 3.63) is 27.7 Å². The first-order chi connectivity index (χ1) is 9.95. The maximum atomic E-state index is 12.4. The van der Waals surface area contributed by atoms with E-state index in [9.17, 15) is 8.42 Å². The van der Waals surface area contributed by atoms with Crippen molar-refractivity contribution in [1.82, 2.24) is 4.72 Å². The van der Waals surface area contributed by atoms with Gasteiger partial charge in [-0.05, 0) is 30.7 Å². The topological polar surface area (TPSA) is 72.2 Å². The second kappa shape index (κ2) is 7.53. The molecule has 1 aliphatic rings. The molecule has 1 saturated heterocycles. The molecule has 1 aliphatic heterocycles. The molecule has 0 aliphatic carbocycles. The summed E-state index contributed by atoms with van der Waals surface area (Å²) in [4.78, 5) is 0.0369. The van der Waals surface area contributed by atoms with Crippen LogP contribution in [0.1, 0.15) is 24.8 Å². The Kier molecular flexibility index (Phi) is 6.23. The lowest BCUT2D eigenvalue weighted by atomic mass is 10.2. The van der Waals surface area contributed by atoms with E-state index in [0.717, 1.165) is 18.6 Å². The minimum Gasteiger partial charge on any atom is -0.326 e. The Labute approximate surface area is 139 Å². The van der Waals surface area contributed by atoms with Gasteiger partial charge < -0.3 is 5.73 Å². The summed E-state index contributed by atoms with van der Waals surface area (Å²) in [7, 11) is -3.65. The molecule has 2 rings (SSSR count). The van der Waals surface area contributed by atoms with Gasteiger partial charge in [-0.2, -0.15) is 11.8 Å². The van der Waals surface area contributed by atoms with Crippen LogP contribution in [-0.2, 0) is 16.6 Å². The predicted octanol–water partition coefficient (Wildman–Crippen LogP) is 3.02. The first-order valence-corrected chi connectivity index (χ1v) is 10.0. The zero-order valence-electron chi connectivity index (χ0n) is 11.4. The van der Waals surface area contributed by atoms with Gasteiger partial charge in [-0.15, -0.1) is 0 Å². The van der Waals surface area contributed by atoms with E-state index in [1.165, 1.54) is 18.6 Å². The highest BCUT2D eigenvalue weighted by atomic mass is 35.5. The van der Waals surface area contributed by atoms with Crippen LogP contribution in [0.4, 0.5) is 0 Å². The Morgan fingerprint density at radius 1 is 1.33 bits per heavy atom. The summed E-state index contributed by atoms with van der Waals surface area (Å²) in [6.45, 7) is 0.517. The fourth-order valence-corrected chi connectivity index (χ4v) is 5.58. The van der Waals surface area contributed by atoms with Crippen molar-refractivity contribution in [3.8, 4) is 0 Å². The molecule has 1 atom stereocenters. The highest BCUT2D eigenvalue weighted by Crippen LogP contribution is 2.31. The Bertz CT molecular complexity index is 602. The normalized spacial score (nSPS) is 19.7. The van der Waals surface area contributed by atoms with Gasteiger partial charge in [-0.3, -0.25) is 0 Å². The molecule has 0 saturated carbocycles. The van der Waals surface area contributed by atoms with Gasteiger partial charge in [0.1, 0.15) is 4.90 Å². The summed E-state index contributed by atoms with van der Waals surface area (Å²) in [6.07, 6.45) is 3.39. The van der Waals surface area contributed by atoms with Gasteiger partial charge in [0.25, 0.3) is 0 Å². The maximum absolute atomic E-state index is 12.4. The first-order valence-electron chi connectivity index (χ1n) is 6.74. The first kappa shape index (κ1) is 17.4. The van der Waals surface area contributed by atoms with Crippen molar-refractivity contribution in [2.24, 2.45) is 5.73 Å². The number of hydrogen-bond donors (Lipinski definition) is 2. The maximum Gasteiger partial charge on any atom is 0.242 e. The monoisotopic (exact) mass is 368 g/mol. The third-order valence-electron chi connectivity index (χ3n) is 3.42. The molecule has 4 nitrogen and oxygen atoms in total. The van der Waals surface area contributed by atoms with E-state index >= 15 is 0 Å². The van der Waals surface area contributed by atoms with Crippen molar-refractivity contribution in [2.75, 3.05) is 12.3 Å². The van der Waals surface area contributed by atoms with Crippen LogP contribution in [0.15, 0.2) is 17.0 Å². The zero-order chi connectivity index (χ0) is 15.5. The van der Waals surface area contributed by atoms with E-state index in [4.69, 9.17) is 28.9 Å². The second-order valence-corrected chi connectivity index (χ2v) is 8.81. The van der Waals surface area contributed by atoms with E-state index in [2.05, 4.69) is 4.72 Å². The van der Waals surface area contributed by atoms with Crippen molar-refractivity contribution in [1.29, 1.82) is 0 Å². The number of thioether (sulfide) groups is 1. The third-order valence-corrected chi connectivity index (χ3v) is 7.18. The lowest BCUT2D eigenvalue weighted by molar-refractivity contribution is 0.573. The average molecular weight is 369 g/mol. The van der Waals surface area contributed by atoms with Crippen LogP contribution in [0.2, 0.25) is 10.0 Å². The summed E-state index contributed by atoms with van der Waals surface area (Å²) in [5.74, 6) is 1.09. The number of rotatable bonds is 5. The average Bonchev–Trinajstić information content (AvgIpc) is 2.46. The van der Waals surface area contributed by atoms with Gasteiger partial charge in [-0.1, -0.05) is 29.6 Å². The lowest BCUT2D eigenvalue weighted by Crippen LogP contribution is -2.32. The molecule has 0 spiro atoms. The molecule has 8 heteroatoms. The van der Waals surface area contributed by atoms with Crippen LogP contribution in [0, 0.1) is 0 Å². The van der Waals surface area contributed by atoms with E-state index in [-0.39, 0.29) is 16.5 Å². The quantitative estimate of drug-likeness (QED) is 0.837. The highest BCUT2D eigenvalue weighted by molar-refractivity contribution is 8.00. The summed E-state index contributed by atoms with van der Waals surface area (Å²) in [5, 5.41) is 0.812. The predicted molar refractivity (Wildman–Crippen MR) is 89.6 cm³/mol. The molecule has 118 valence electrons. The summed E-state index contributed by atoms with van der Waals surface area (Å²) < 4.78 is 27.4. The fourth-order valence-electron chi connectivity index (χ4n) is 2.22. The molecule has 1 aromatic carbocycles. The molecule has 0 bridgehead atoms. The van der Waals surface area contributed by atoms with Crippen molar-refractivity contribution >= 4 is 45.0 Å².